The van der Waals surface area contributed by atoms with Gasteiger partial charge < -0.3 is 10.6 Å². The van der Waals surface area contributed by atoms with Gasteiger partial charge in [-0.25, -0.2) is 13.2 Å². The molecule has 1 fully saturated rings. The fraction of sp³-hybridized carbons (Fsp3) is 0.500. The van der Waals surface area contributed by atoms with E-state index in [2.05, 4.69) is 10.6 Å². The molecular weight excluding hydrogens is 269 g/mol. The third-order valence-electron chi connectivity index (χ3n) is 3.48. The van der Waals surface area contributed by atoms with Crippen LogP contribution in [-0.2, 0) is 0 Å². The van der Waals surface area contributed by atoms with Crippen molar-refractivity contribution in [1.29, 1.82) is 0 Å². The highest BCUT2D eigenvalue weighted by atomic mass is 19.2. The Kier molecular flexibility index (Phi) is 5.00. The number of carbonyl (C=O) groups excluding carboxylic acids is 1. The van der Waals surface area contributed by atoms with Crippen LogP contribution in [0.1, 0.15) is 29.6 Å². The lowest BCUT2D eigenvalue weighted by molar-refractivity contribution is 0.0949. The van der Waals surface area contributed by atoms with Gasteiger partial charge >= 0.3 is 0 Å². The number of piperidine rings is 1. The molecule has 0 bridgehead atoms. The highest BCUT2D eigenvalue weighted by Crippen LogP contribution is 2.15. The fourth-order valence-electron chi connectivity index (χ4n) is 2.35. The summed E-state index contributed by atoms with van der Waals surface area (Å²) in [4.78, 5) is 11.7. The number of hydrogen-bond acceptors (Lipinski definition) is 2. The van der Waals surface area contributed by atoms with Crippen LogP contribution in [-0.4, -0.2) is 25.5 Å². The van der Waals surface area contributed by atoms with Crippen molar-refractivity contribution in [3.63, 3.8) is 0 Å². The minimum atomic E-state index is -1.56. The maximum atomic E-state index is 13.0. The summed E-state index contributed by atoms with van der Waals surface area (Å²) in [6.45, 7) is 2.39. The van der Waals surface area contributed by atoms with Crippen molar-refractivity contribution in [2.24, 2.45) is 5.92 Å². The maximum Gasteiger partial charge on any atom is 0.251 e. The van der Waals surface area contributed by atoms with Gasteiger partial charge in [0.15, 0.2) is 17.5 Å². The summed E-state index contributed by atoms with van der Waals surface area (Å²) in [5.74, 6) is -4.36. The van der Waals surface area contributed by atoms with E-state index in [1.165, 1.54) is 0 Å². The van der Waals surface area contributed by atoms with E-state index in [4.69, 9.17) is 0 Å². The number of halogens is 3. The average Bonchev–Trinajstić information content (AvgIpc) is 2.45. The van der Waals surface area contributed by atoms with Gasteiger partial charge in [0, 0.05) is 12.1 Å². The number of nitrogens with one attached hydrogen (secondary N) is 2. The summed E-state index contributed by atoms with van der Waals surface area (Å²) in [5, 5.41) is 5.87. The van der Waals surface area contributed by atoms with Crippen LogP contribution in [0.5, 0.6) is 0 Å². The molecule has 1 aromatic carbocycles. The molecule has 1 heterocycles. The molecule has 0 radical (unpaired) electrons. The molecule has 1 aromatic rings. The molecule has 2 N–H and O–H groups in total. The van der Waals surface area contributed by atoms with E-state index < -0.39 is 23.4 Å². The average molecular weight is 286 g/mol. The Bertz CT molecular complexity index is 464. The Hall–Kier alpha value is -1.56. The monoisotopic (exact) mass is 286 g/mol. The number of hydrogen-bond donors (Lipinski definition) is 2. The Balaban J connectivity index is 1.85. The highest BCUT2D eigenvalue weighted by molar-refractivity contribution is 5.94. The normalized spacial score (nSPS) is 18.9. The van der Waals surface area contributed by atoms with E-state index >= 15 is 0 Å². The Morgan fingerprint density at radius 3 is 2.60 bits per heavy atom. The van der Waals surface area contributed by atoms with Crippen molar-refractivity contribution in [2.75, 3.05) is 19.6 Å². The molecule has 1 unspecified atom stereocenters. The van der Waals surface area contributed by atoms with E-state index in [0.29, 0.717) is 24.6 Å². The molecule has 0 aromatic heterocycles. The molecule has 0 aliphatic carbocycles. The molecule has 20 heavy (non-hydrogen) atoms. The minimum Gasteiger partial charge on any atom is -0.352 e. The van der Waals surface area contributed by atoms with Crippen molar-refractivity contribution in [1.82, 2.24) is 10.6 Å². The molecule has 1 aliphatic rings. The summed E-state index contributed by atoms with van der Waals surface area (Å²) < 4.78 is 38.8. The Labute approximate surface area is 115 Å². The summed E-state index contributed by atoms with van der Waals surface area (Å²) in [7, 11) is 0. The van der Waals surface area contributed by atoms with Crippen molar-refractivity contribution in [2.45, 2.75) is 19.3 Å². The topological polar surface area (TPSA) is 41.1 Å². The zero-order valence-electron chi connectivity index (χ0n) is 11.0. The van der Waals surface area contributed by atoms with Crippen molar-refractivity contribution in [3.8, 4) is 0 Å². The lowest BCUT2D eigenvalue weighted by atomic mass is 9.96. The summed E-state index contributed by atoms with van der Waals surface area (Å²) in [6, 6.07) is 1.41. The quantitative estimate of drug-likeness (QED) is 0.833. The Morgan fingerprint density at radius 1 is 1.30 bits per heavy atom. The molecule has 0 spiro atoms. The summed E-state index contributed by atoms with van der Waals surface area (Å²) in [5.41, 5.74) is -0.205. The lowest BCUT2D eigenvalue weighted by Gasteiger charge is -2.22. The van der Waals surface area contributed by atoms with E-state index in [1.807, 2.05) is 0 Å². The predicted molar refractivity (Wildman–Crippen MR) is 68.9 cm³/mol. The predicted octanol–water partition coefficient (Wildman–Crippen LogP) is 2.22. The van der Waals surface area contributed by atoms with Gasteiger partial charge in [0.05, 0.1) is 0 Å². The highest BCUT2D eigenvalue weighted by Gasteiger charge is 2.16. The van der Waals surface area contributed by atoms with Crippen molar-refractivity contribution >= 4 is 5.91 Å². The van der Waals surface area contributed by atoms with Gasteiger partial charge in [0.1, 0.15) is 0 Å². The SMILES string of the molecule is O=C(NCCC1CCCNC1)c1cc(F)c(F)c(F)c1. The first-order valence-corrected chi connectivity index (χ1v) is 6.71. The van der Waals surface area contributed by atoms with E-state index in [-0.39, 0.29) is 5.56 Å². The van der Waals surface area contributed by atoms with Crippen LogP contribution in [0, 0.1) is 23.4 Å². The molecule has 1 atom stereocenters. The molecule has 3 nitrogen and oxygen atoms in total. The largest absolute Gasteiger partial charge is 0.352 e. The molecule has 6 heteroatoms. The van der Waals surface area contributed by atoms with Crippen molar-refractivity contribution in [3.05, 3.63) is 35.1 Å². The van der Waals surface area contributed by atoms with Crippen LogP contribution >= 0.6 is 0 Å². The molecule has 1 saturated heterocycles. The van der Waals surface area contributed by atoms with Crippen LogP contribution in [0.2, 0.25) is 0 Å². The molecule has 1 aliphatic heterocycles. The van der Waals surface area contributed by atoms with Gasteiger partial charge in [-0.15, -0.1) is 0 Å². The first-order valence-electron chi connectivity index (χ1n) is 6.71. The standard InChI is InChI=1S/C14H17F3N2O/c15-11-6-10(7-12(16)13(11)17)14(20)19-5-3-9-2-1-4-18-8-9/h6-7,9,18H,1-5,8H2,(H,19,20). The van der Waals surface area contributed by atoms with Crippen LogP contribution in [0.3, 0.4) is 0 Å². The van der Waals surface area contributed by atoms with Crippen molar-refractivity contribution < 1.29 is 18.0 Å². The smallest absolute Gasteiger partial charge is 0.251 e. The van der Waals surface area contributed by atoms with Gasteiger partial charge in [0.2, 0.25) is 0 Å². The minimum absolute atomic E-state index is 0.205. The summed E-state index contributed by atoms with van der Waals surface area (Å²) >= 11 is 0. The van der Waals surface area contributed by atoms with Crippen LogP contribution in [0.4, 0.5) is 13.2 Å². The maximum absolute atomic E-state index is 13.0. The Morgan fingerprint density at radius 2 is 2.00 bits per heavy atom. The van der Waals surface area contributed by atoms with Crippen LogP contribution < -0.4 is 10.6 Å². The zero-order chi connectivity index (χ0) is 14.5. The second-order valence-corrected chi connectivity index (χ2v) is 5.01. The molecule has 0 saturated carbocycles. The lowest BCUT2D eigenvalue weighted by Crippen LogP contribution is -2.33. The van der Waals surface area contributed by atoms with Gasteiger partial charge in [-0.3, -0.25) is 4.79 Å². The molecule has 1 amide bonds. The van der Waals surface area contributed by atoms with Crippen LogP contribution in [0.15, 0.2) is 12.1 Å². The first-order chi connectivity index (χ1) is 9.58. The van der Waals surface area contributed by atoms with Gasteiger partial charge in [0.25, 0.3) is 5.91 Å². The fourth-order valence-corrected chi connectivity index (χ4v) is 2.35. The number of amides is 1. The zero-order valence-corrected chi connectivity index (χ0v) is 11.0. The third-order valence-corrected chi connectivity index (χ3v) is 3.48. The number of rotatable bonds is 4. The first kappa shape index (κ1) is 14.8. The second-order valence-electron chi connectivity index (χ2n) is 5.01. The summed E-state index contributed by atoms with van der Waals surface area (Å²) in [6.07, 6.45) is 3.04. The molecule has 110 valence electrons. The van der Waals surface area contributed by atoms with Gasteiger partial charge in [-0.2, -0.15) is 0 Å². The van der Waals surface area contributed by atoms with Gasteiger partial charge in [-0.1, -0.05) is 0 Å². The molecular formula is C14H17F3N2O. The molecule has 2 rings (SSSR count). The number of benzene rings is 1. The second kappa shape index (κ2) is 6.74. The van der Waals surface area contributed by atoms with Crippen LogP contribution in [0.25, 0.3) is 0 Å². The third kappa shape index (κ3) is 3.72. The van der Waals surface area contributed by atoms with E-state index in [1.54, 1.807) is 0 Å². The van der Waals surface area contributed by atoms with E-state index in [9.17, 15) is 18.0 Å². The van der Waals surface area contributed by atoms with E-state index in [0.717, 1.165) is 32.4 Å². The van der Waals surface area contributed by atoms with Gasteiger partial charge in [-0.05, 0) is 50.4 Å². The number of carbonyl (C=O) groups is 1.